The number of aliphatic imine (C=N–C) groups is 1. The zero-order chi connectivity index (χ0) is 27.3. The number of hydrogen-bond acceptors (Lipinski definition) is 8. The molecule has 0 radical (unpaired) electrons. The Morgan fingerprint density at radius 2 is 1.50 bits per heavy atom. The van der Waals surface area contributed by atoms with E-state index in [9.17, 15) is 34.5 Å². The van der Waals surface area contributed by atoms with Crippen LogP contribution in [0.2, 0.25) is 0 Å². The van der Waals surface area contributed by atoms with Crippen LogP contribution in [-0.2, 0) is 25.6 Å². The Hall–Kier alpha value is -3.75. The van der Waals surface area contributed by atoms with Crippen LogP contribution < -0.4 is 33.2 Å². The van der Waals surface area contributed by atoms with Gasteiger partial charge in [-0.3, -0.25) is 19.4 Å². The summed E-state index contributed by atoms with van der Waals surface area (Å²) >= 11 is 0. The summed E-state index contributed by atoms with van der Waals surface area (Å²) in [5.41, 5.74) is 16.8. The van der Waals surface area contributed by atoms with Crippen molar-refractivity contribution < 1.29 is 34.5 Å². The molecule has 1 rings (SSSR count). The molecule has 1 aromatic rings. The molecule has 200 valence electrons. The van der Waals surface area contributed by atoms with Gasteiger partial charge in [-0.05, 0) is 25.3 Å². The number of rotatable bonds is 15. The van der Waals surface area contributed by atoms with E-state index >= 15 is 0 Å². The standard InChI is InChI=1S/C22H35N7O7/c1-12(31)17(23)20(34)28-15(10-13-6-3-2-4-7-13)18(32)29-16(11-30)19(33)27-14(21(35)36)8-5-9-26-22(24)25/h2-4,6-7,12,14-17,30-31H,5,8-11,23H2,1H3,(H,27,33)(H,28,34)(H,29,32)(H,35,36)(H4,24,25,26). The largest absolute Gasteiger partial charge is 0.480 e. The number of aliphatic hydroxyl groups is 2. The lowest BCUT2D eigenvalue weighted by Gasteiger charge is -2.25. The first-order chi connectivity index (χ1) is 17.0. The first kappa shape index (κ1) is 30.3. The maximum atomic E-state index is 13.0. The van der Waals surface area contributed by atoms with Crippen LogP contribution in [0.1, 0.15) is 25.3 Å². The lowest BCUT2D eigenvalue weighted by atomic mass is 10.0. The van der Waals surface area contributed by atoms with Gasteiger partial charge >= 0.3 is 5.97 Å². The highest BCUT2D eigenvalue weighted by Gasteiger charge is 2.30. The normalized spacial score (nSPS) is 14.9. The van der Waals surface area contributed by atoms with Crippen LogP contribution in [0.4, 0.5) is 0 Å². The van der Waals surface area contributed by atoms with Crippen molar-refractivity contribution in [3.63, 3.8) is 0 Å². The number of hydrogen-bond donors (Lipinski definition) is 9. The highest BCUT2D eigenvalue weighted by molar-refractivity contribution is 5.94. The van der Waals surface area contributed by atoms with Crippen molar-refractivity contribution in [1.29, 1.82) is 0 Å². The van der Waals surface area contributed by atoms with E-state index in [1.807, 2.05) is 0 Å². The minimum absolute atomic E-state index is 0.00608. The van der Waals surface area contributed by atoms with Crippen LogP contribution in [0.5, 0.6) is 0 Å². The lowest BCUT2D eigenvalue weighted by Crippen LogP contribution is -2.59. The molecule has 0 aliphatic carbocycles. The van der Waals surface area contributed by atoms with Gasteiger partial charge in [0.1, 0.15) is 24.2 Å². The molecule has 0 aliphatic rings. The summed E-state index contributed by atoms with van der Waals surface area (Å²) in [6.07, 6.45) is -0.914. The van der Waals surface area contributed by atoms with E-state index in [0.717, 1.165) is 0 Å². The molecule has 14 heteroatoms. The Morgan fingerprint density at radius 3 is 2.03 bits per heavy atom. The third kappa shape index (κ3) is 10.7. The van der Waals surface area contributed by atoms with E-state index in [2.05, 4.69) is 20.9 Å². The average Bonchev–Trinajstić information content (AvgIpc) is 2.83. The zero-order valence-electron chi connectivity index (χ0n) is 20.0. The van der Waals surface area contributed by atoms with Gasteiger partial charge in [0.05, 0.1) is 12.7 Å². The predicted molar refractivity (Wildman–Crippen MR) is 130 cm³/mol. The molecule has 12 N–H and O–H groups in total. The van der Waals surface area contributed by atoms with Gasteiger partial charge in [-0.2, -0.15) is 0 Å². The molecule has 36 heavy (non-hydrogen) atoms. The average molecular weight is 510 g/mol. The molecule has 0 aromatic heterocycles. The van der Waals surface area contributed by atoms with E-state index in [0.29, 0.717) is 5.56 Å². The van der Waals surface area contributed by atoms with Crippen LogP contribution in [0, 0.1) is 0 Å². The lowest BCUT2D eigenvalue weighted by molar-refractivity contribution is -0.142. The van der Waals surface area contributed by atoms with Crippen molar-refractivity contribution in [2.45, 2.75) is 56.5 Å². The van der Waals surface area contributed by atoms with Gasteiger partial charge in [0, 0.05) is 13.0 Å². The van der Waals surface area contributed by atoms with Crippen LogP contribution in [-0.4, -0.2) is 88.4 Å². The highest BCUT2D eigenvalue weighted by atomic mass is 16.4. The minimum Gasteiger partial charge on any atom is -0.480 e. The fourth-order valence-electron chi connectivity index (χ4n) is 3.05. The third-order valence-electron chi connectivity index (χ3n) is 5.11. The molecule has 0 bridgehead atoms. The number of carboxylic acid groups (broad SMARTS) is 1. The van der Waals surface area contributed by atoms with Crippen molar-refractivity contribution >= 4 is 29.7 Å². The number of aliphatic carboxylic acids is 1. The van der Waals surface area contributed by atoms with E-state index in [1.54, 1.807) is 30.3 Å². The molecule has 0 heterocycles. The second kappa shape index (κ2) is 15.3. The first-order valence-corrected chi connectivity index (χ1v) is 11.2. The second-order valence-corrected chi connectivity index (χ2v) is 8.11. The molecule has 0 saturated heterocycles. The molecule has 0 saturated carbocycles. The Kier molecular flexibility index (Phi) is 12.9. The van der Waals surface area contributed by atoms with Crippen molar-refractivity contribution in [2.75, 3.05) is 13.2 Å². The molecule has 1 aromatic carbocycles. The van der Waals surface area contributed by atoms with Crippen molar-refractivity contribution in [2.24, 2.45) is 22.2 Å². The maximum absolute atomic E-state index is 13.0. The third-order valence-corrected chi connectivity index (χ3v) is 5.11. The number of benzene rings is 1. The van der Waals surface area contributed by atoms with Gasteiger partial charge in [-0.1, -0.05) is 30.3 Å². The van der Waals surface area contributed by atoms with Gasteiger partial charge in [0.2, 0.25) is 17.7 Å². The molecule has 14 nitrogen and oxygen atoms in total. The van der Waals surface area contributed by atoms with Gasteiger partial charge in [0.25, 0.3) is 0 Å². The summed E-state index contributed by atoms with van der Waals surface area (Å²) in [6.45, 7) is 0.632. The summed E-state index contributed by atoms with van der Waals surface area (Å²) in [7, 11) is 0. The van der Waals surface area contributed by atoms with Gasteiger partial charge < -0.3 is 48.5 Å². The number of nitrogens with zero attached hydrogens (tertiary/aromatic N) is 1. The van der Waals surface area contributed by atoms with Gasteiger partial charge in [-0.25, -0.2) is 4.79 Å². The molecular formula is C22H35N7O7. The fraction of sp³-hybridized carbons (Fsp3) is 0.500. The van der Waals surface area contributed by atoms with E-state index < -0.39 is 60.6 Å². The van der Waals surface area contributed by atoms with Gasteiger partial charge in [-0.15, -0.1) is 0 Å². The molecule has 0 fully saturated rings. The maximum Gasteiger partial charge on any atom is 0.326 e. The number of carbonyl (C=O) groups is 4. The predicted octanol–water partition coefficient (Wildman–Crippen LogP) is -3.48. The Balaban J connectivity index is 2.92. The summed E-state index contributed by atoms with van der Waals surface area (Å²) in [5.74, 6) is -4.03. The Morgan fingerprint density at radius 1 is 0.944 bits per heavy atom. The highest BCUT2D eigenvalue weighted by Crippen LogP contribution is 2.06. The minimum atomic E-state index is -1.50. The Labute approximate surface area is 208 Å². The molecule has 0 aliphatic heterocycles. The number of amides is 3. The SMILES string of the molecule is CC(O)C(N)C(=O)NC(Cc1ccccc1)C(=O)NC(CO)C(=O)NC(CCCN=C(N)N)C(=O)O. The fourth-order valence-corrected chi connectivity index (χ4v) is 3.05. The second-order valence-electron chi connectivity index (χ2n) is 8.11. The number of nitrogens with one attached hydrogen (secondary N) is 3. The quantitative estimate of drug-likeness (QED) is 0.0640. The summed E-state index contributed by atoms with van der Waals surface area (Å²) < 4.78 is 0. The van der Waals surface area contributed by atoms with Crippen LogP contribution in [0.15, 0.2) is 35.3 Å². The van der Waals surface area contributed by atoms with Gasteiger partial charge in [0.15, 0.2) is 5.96 Å². The Bertz CT molecular complexity index is 907. The summed E-state index contributed by atoms with van der Waals surface area (Å²) in [4.78, 5) is 53.2. The smallest absolute Gasteiger partial charge is 0.326 e. The van der Waals surface area contributed by atoms with Crippen LogP contribution in [0.3, 0.4) is 0 Å². The molecule has 5 unspecified atom stereocenters. The zero-order valence-corrected chi connectivity index (χ0v) is 20.0. The first-order valence-electron chi connectivity index (χ1n) is 11.2. The summed E-state index contributed by atoms with van der Waals surface area (Å²) in [5, 5.41) is 35.7. The number of carboxylic acids is 1. The molecular weight excluding hydrogens is 474 g/mol. The van der Waals surface area contributed by atoms with Crippen LogP contribution in [0.25, 0.3) is 0 Å². The molecule has 3 amide bonds. The van der Waals surface area contributed by atoms with Crippen molar-refractivity contribution in [1.82, 2.24) is 16.0 Å². The molecule has 5 atom stereocenters. The van der Waals surface area contributed by atoms with Crippen LogP contribution >= 0.6 is 0 Å². The number of nitrogens with two attached hydrogens (primary N) is 3. The van der Waals surface area contributed by atoms with E-state index in [4.69, 9.17) is 17.2 Å². The summed E-state index contributed by atoms with van der Waals surface area (Å²) in [6, 6.07) is 3.34. The monoisotopic (exact) mass is 509 g/mol. The van der Waals surface area contributed by atoms with E-state index in [-0.39, 0.29) is 31.8 Å². The molecule has 0 spiro atoms. The van der Waals surface area contributed by atoms with E-state index in [1.165, 1.54) is 6.92 Å². The number of aliphatic hydroxyl groups excluding tert-OH is 2. The topological polar surface area (TPSA) is 255 Å². The number of carbonyl (C=O) groups excluding carboxylic acids is 3. The number of guanidine groups is 1. The van der Waals surface area contributed by atoms with Crippen molar-refractivity contribution in [3.8, 4) is 0 Å². The van der Waals surface area contributed by atoms with Crippen molar-refractivity contribution in [3.05, 3.63) is 35.9 Å².